The van der Waals surface area contributed by atoms with Crippen LogP contribution in [-0.4, -0.2) is 58.6 Å². The summed E-state index contributed by atoms with van der Waals surface area (Å²) >= 11 is -1.57. The van der Waals surface area contributed by atoms with E-state index < -0.39 is 11.2 Å². The second-order valence-electron chi connectivity index (χ2n) is 9.03. The van der Waals surface area contributed by atoms with Crippen LogP contribution >= 0.6 is 0 Å². The fourth-order valence-electron chi connectivity index (χ4n) is 4.88. The lowest BCUT2D eigenvalue weighted by molar-refractivity contribution is 0.0633. The van der Waals surface area contributed by atoms with Crippen molar-refractivity contribution in [2.45, 2.75) is 46.0 Å². The number of nitrogens with one attached hydrogen (secondary N) is 1. The first kappa shape index (κ1) is 25.9. The van der Waals surface area contributed by atoms with Crippen molar-refractivity contribution in [2.75, 3.05) is 42.4 Å². The average Bonchev–Trinajstić information content (AvgIpc) is 2.93. The first-order valence-corrected chi connectivity index (χ1v) is 14.0. The predicted octanol–water partition coefficient (Wildman–Crippen LogP) is 3.74. The van der Waals surface area contributed by atoms with Gasteiger partial charge in [-0.3, -0.25) is 9.52 Å². The summed E-state index contributed by atoms with van der Waals surface area (Å²) in [6.07, 6.45) is 7.26. The molecular formula is C26H36N6O3S. The van der Waals surface area contributed by atoms with Crippen LogP contribution in [0.5, 0.6) is 5.75 Å². The number of fused-ring (bicyclic) bond motifs is 1. The molecule has 3 aliphatic heterocycles. The number of pyridine rings is 1. The van der Waals surface area contributed by atoms with Crippen LogP contribution in [-0.2, 0) is 11.2 Å². The van der Waals surface area contributed by atoms with Gasteiger partial charge in [-0.2, -0.15) is 4.40 Å². The highest BCUT2D eigenvalue weighted by Gasteiger charge is 2.27. The number of carbonyl (C=O) groups excluding carboxylic acids is 1. The molecule has 2 saturated heterocycles. The maximum Gasteiger partial charge on any atom is 0.254 e. The first-order chi connectivity index (χ1) is 17.6. The topological polar surface area (TPSA) is 113 Å². The molecule has 2 aromatic rings. The Morgan fingerprint density at radius 2 is 1.97 bits per heavy atom. The molecule has 0 radical (unpaired) electrons. The first-order valence-electron chi connectivity index (χ1n) is 12.9. The van der Waals surface area contributed by atoms with Crippen molar-refractivity contribution in [3.63, 3.8) is 0 Å². The van der Waals surface area contributed by atoms with Crippen LogP contribution < -0.4 is 20.1 Å². The van der Waals surface area contributed by atoms with E-state index in [0.717, 1.165) is 38.3 Å². The lowest BCUT2D eigenvalue weighted by Gasteiger charge is -2.33. The van der Waals surface area contributed by atoms with Crippen molar-refractivity contribution in [2.24, 2.45) is 16.0 Å². The Labute approximate surface area is 215 Å². The van der Waals surface area contributed by atoms with Crippen molar-refractivity contribution in [1.82, 2.24) is 9.88 Å². The zero-order valence-corrected chi connectivity index (χ0v) is 21.9. The van der Waals surface area contributed by atoms with E-state index in [1.54, 1.807) is 12.3 Å². The maximum absolute atomic E-state index is 13.3. The van der Waals surface area contributed by atoms with Crippen LogP contribution in [0.4, 0.5) is 11.5 Å². The van der Waals surface area contributed by atoms with Crippen molar-refractivity contribution in [1.29, 1.82) is 0 Å². The van der Waals surface area contributed by atoms with E-state index in [9.17, 15) is 9.00 Å². The third-order valence-corrected chi connectivity index (χ3v) is 7.37. The number of ether oxygens (including phenoxy) is 1. The molecule has 9 nitrogen and oxygen atoms in total. The van der Waals surface area contributed by atoms with E-state index in [-0.39, 0.29) is 17.7 Å². The molecule has 0 bridgehead atoms. The minimum Gasteiger partial charge on any atom is -0.492 e. The molecule has 1 amide bonds. The number of amides is 1. The molecular weight excluding hydrogens is 476 g/mol. The van der Waals surface area contributed by atoms with Gasteiger partial charge in [0, 0.05) is 43.9 Å². The molecule has 0 saturated carbocycles. The van der Waals surface area contributed by atoms with Gasteiger partial charge in [-0.05, 0) is 56.4 Å². The van der Waals surface area contributed by atoms with Crippen LogP contribution in [0.1, 0.15) is 61.9 Å². The highest BCUT2D eigenvalue weighted by Crippen LogP contribution is 2.30. The van der Waals surface area contributed by atoms with Crippen molar-refractivity contribution >= 4 is 34.4 Å². The smallest absolute Gasteiger partial charge is 0.254 e. The Hall–Kier alpha value is -3.14. The molecule has 0 aliphatic carbocycles. The van der Waals surface area contributed by atoms with Gasteiger partial charge in [0.1, 0.15) is 17.4 Å². The highest BCUT2D eigenvalue weighted by atomic mass is 32.2. The minimum absolute atomic E-state index is 0.0468. The van der Waals surface area contributed by atoms with Gasteiger partial charge in [0.05, 0.1) is 17.9 Å². The Balaban J connectivity index is 0.00000148. The van der Waals surface area contributed by atoms with Gasteiger partial charge in [0.2, 0.25) is 11.2 Å². The van der Waals surface area contributed by atoms with E-state index in [4.69, 9.17) is 10.5 Å². The largest absolute Gasteiger partial charge is 0.492 e. The van der Waals surface area contributed by atoms with Crippen molar-refractivity contribution in [3.05, 3.63) is 47.7 Å². The predicted molar refractivity (Wildman–Crippen MR) is 145 cm³/mol. The van der Waals surface area contributed by atoms with Gasteiger partial charge in [-0.15, -0.1) is 0 Å². The molecule has 0 spiro atoms. The Morgan fingerprint density at radius 1 is 1.17 bits per heavy atom. The molecule has 36 heavy (non-hydrogen) atoms. The zero-order chi connectivity index (χ0) is 25.5. The lowest BCUT2D eigenvalue weighted by atomic mass is 9.98. The normalized spacial score (nSPS) is 21.3. The number of benzene rings is 1. The summed E-state index contributed by atoms with van der Waals surface area (Å²) in [4.78, 5) is 22.0. The highest BCUT2D eigenvalue weighted by molar-refractivity contribution is 7.85. The molecule has 10 heteroatoms. The standard InChI is InChI=1S/C24H30N6O3S.C2H6/c25-23-22-19(27-34(32)28-23)7-4-8-20(22)33-16-17-6-5-13-30(15-17)24(31)18-9-10-26-21(14-18)29-11-2-1-3-12-29;1-2/h4,7-10,14,17,27H,1-3,5-6,11-13,15-16H2,(H2,25,28);1-2H3. The minimum atomic E-state index is -1.57. The van der Waals surface area contributed by atoms with E-state index in [1.165, 1.54) is 19.3 Å². The van der Waals surface area contributed by atoms with E-state index in [0.29, 0.717) is 35.7 Å². The summed E-state index contributed by atoms with van der Waals surface area (Å²) < 4.78 is 24.6. The number of piperidine rings is 2. The van der Waals surface area contributed by atoms with Gasteiger partial charge in [-0.25, -0.2) is 9.19 Å². The number of amidine groups is 1. The zero-order valence-electron chi connectivity index (χ0n) is 21.1. The Bertz CT molecular complexity index is 1120. The number of nitrogens with zero attached hydrogens (tertiary/aromatic N) is 4. The van der Waals surface area contributed by atoms with E-state index in [2.05, 4.69) is 19.0 Å². The molecule has 3 N–H and O–H groups in total. The molecule has 2 atom stereocenters. The summed E-state index contributed by atoms with van der Waals surface area (Å²) in [6, 6.07) is 9.21. The molecule has 1 aromatic heterocycles. The van der Waals surface area contributed by atoms with Crippen molar-refractivity contribution < 1.29 is 13.7 Å². The monoisotopic (exact) mass is 512 g/mol. The molecule has 194 valence electrons. The van der Waals surface area contributed by atoms with Gasteiger partial charge in [-0.1, -0.05) is 19.9 Å². The van der Waals surface area contributed by atoms with E-state index >= 15 is 0 Å². The SMILES string of the molecule is CC.NC1=NS(=O)Nc2cccc(OCC3CCCN(C(=O)c4ccnc(N5CCCCC5)c4)C3)c21. The molecule has 3 aliphatic rings. The van der Waals surface area contributed by atoms with Gasteiger partial charge in [0.15, 0.2) is 0 Å². The second-order valence-corrected chi connectivity index (χ2v) is 9.91. The number of hydrogen-bond acceptors (Lipinski definition) is 6. The third-order valence-electron chi connectivity index (χ3n) is 6.61. The fourth-order valence-corrected chi connectivity index (χ4v) is 5.55. The molecule has 1 aromatic carbocycles. The lowest BCUT2D eigenvalue weighted by Crippen LogP contribution is -2.41. The van der Waals surface area contributed by atoms with Crippen molar-refractivity contribution in [3.8, 4) is 5.75 Å². The number of hydrogen-bond donors (Lipinski definition) is 2. The van der Waals surface area contributed by atoms with Crippen LogP contribution in [0.15, 0.2) is 40.9 Å². The van der Waals surface area contributed by atoms with Crippen LogP contribution in [0.3, 0.4) is 0 Å². The maximum atomic E-state index is 13.3. The summed E-state index contributed by atoms with van der Waals surface area (Å²) in [5.74, 6) is 1.95. The number of likely N-dealkylation sites (tertiary alicyclic amines) is 1. The van der Waals surface area contributed by atoms with Crippen LogP contribution in [0, 0.1) is 5.92 Å². The number of anilines is 2. The average molecular weight is 513 g/mol. The molecule has 2 unspecified atom stereocenters. The van der Waals surface area contributed by atoms with E-state index in [1.807, 2.05) is 43.0 Å². The quantitative estimate of drug-likeness (QED) is 0.631. The van der Waals surface area contributed by atoms with Crippen LogP contribution in [0.25, 0.3) is 0 Å². The number of rotatable bonds is 5. The number of aromatic nitrogens is 1. The fraction of sp³-hybridized carbons (Fsp3) is 0.500. The second kappa shape index (κ2) is 12.2. The summed E-state index contributed by atoms with van der Waals surface area (Å²) in [5.41, 5.74) is 7.98. The number of carbonyl (C=O) groups is 1. The molecule has 5 rings (SSSR count). The number of nitrogens with two attached hydrogens (primary N) is 1. The Morgan fingerprint density at radius 3 is 2.78 bits per heavy atom. The van der Waals surface area contributed by atoms with Gasteiger partial charge < -0.3 is 20.3 Å². The van der Waals surface area contributed by atoms with Gasteiger partial charge in [0.25, 0.3) is 5.91 Å². The molecule has 4 heterocycles. The Kier molecular flexibility index (Phi) is 8.79. The van der Waals surface area contributed by atoms with Gasteiger partial charge >= 0.3 is 0 Å². The summed E-state index contributed by atoms with van der Waals surface area (Å²) in [6.45, 7) is 7.84. The third kappa shape index (κ3) is 5.98. The summed E-state index contributed by atoms with van der Waals surface area (Å²) in [7, 11) is 0. The molecule has 2 fully saturated rings. The summed E-state index contributed by atoms with van der Waals surface area (Å²) in [5, 5.41) is 0. The van der Waals surface area contributed by atoms with Crippen LogP contribution in [0.2, 0.25) is 0 Å².